The number of hydrogen-bond acceptors (Lipinski definition) is 11. The number of carboxylic acids is 2. The topological polar surface area (TPSA) is 202 Å². The lowest BCUT2D eigenvalue weighted by molar-refractivity contribution is -0.253. The quantitative estimate of drug-likeness (QED) is 0.0355. The molecule has 14 nitrogen and oxygen atoms in total. The first-order valence-corrected chi connectivity index (χ1v) is 18.1. The number of carbonyl (C=O) groups excluding carboxylic acids is 1. The standard InChI is InChI=1S/C45H40N2O12/c1-45(2,32-6-14-36(15-7-32)58-38-18-10-34(11-19-38)46-42(48)41-23-28(25-56-53)3-22-40(41)44(51)52)33-8-16-37(17-9-33)59-39-20-12-35(13-21-39)47-55-26-31-24-29(43(49)50)4-5-30(31)27-57-54/h3-24,47,53-54H,25-27H2,1-2H3,(H,46,48)(H,49,50)(H,51,52). The molecule has 302 valence electrons. The minimum atomic E-state index is -1.26. The van der Waals surface area contributed by atoms with Gasteiger partial charge in [0.15, 0.2) is 0 Å². The number of hydrogen-bond donors (Lipinski definition) is 6. The average Bonchev–Trinajstić information content (AvgIpc) is 3.23. The first-order valence-electron chi connectivity index (χ1n) is 18.1. The van der Waals surface area contributed by atoms with Gasteiger partial charge in [0, 0.05) is 11.1 Å². The smallest absolute Gasteiger partial charge is 0.336 e. The molecular weight excluding hydrogens is 760 g/mol. The molecule has 0 aliphatic heterocycles. The molecule has 0 spiro atoms. The van der Waals surface area contributed by atoms with Crippen molar-refractivity contribution in [3.8, 4) is 23.0 Å². The van der Waals surface area contributed by atoms with Crippen LogP contribution < -0.4 is 20.3 Å². The number of benzene rings is 6. The van der Waals surface area contributed by atoms with Crippen molar-refractivity contribution >= 4 is 29.2 Å². The third kappa shape index (κ3) is 10.7. The van der Waals surface area contributed by atoms with Gasteiger partial charge in [0.25, 0.3) is 5.91 Å². The van der Waals surface area contributed by atoms with E-state index in [2.05, 4.69) is 34.4 Å². The third-order valence-electron chi connectivity index (χ3n) is 9.47. The van der Waals surface area contributed by atoms with Crippen molar-refractivity contribution in [1.82, 2.24) is 0 Å². The summed E-state index contributed by atoms with van der Waals surface area (Å²) in [5.74, 6) is -0.557. The highest BCUT2D eigenvalue weighted by Gasteiger charge is 2.23. The highest BCUT2D eigenvalue weighted by Crippen LogP contribution is 2.35. The summed E-state index contributed by atoms with van der Waals surface area (Å²) < 4.78 is 12.1. The third-order valence-corrected chi connectivity index (χ3v) is 9.47. The van der Waals surface area contributed by atoms with E-state index in [4.69, 9.17) is 24.8 Å². The maximum Gasteiger partial charge on any atom is 0.336 e. The number of amides is 1. The van der Waals surface area contributed by atoms with Gasteiger partial charge in [-0.3, -0.25) is 25.6 Å². The SMILES string of the molecule is CC(C)(c1ccc(Oc2ccc(NOCc3cc(C(=O)O)ccc3COO)cc2)cc1)c1ccc(Oc2ccc(NC(=O)c3cc(COO)ccc3C(=O)O)cc2)cc1. The second-order valence-electron chi connectivity index (χ2n) is 13.8. The molecular formula is C45H40N2O12. The van der Waals surface area contributed by atoms with E-state index in [1.54, 1.807) is 54.6 Å². The minimum absolute atomic E-state index is 0.0284. The molecule has 0 aliphatic carbocycles. The van der Waals surface area contributed by atoms with Crippen molar-refractivity contribution in [3.05, 3.63) is 178 Å². The van der Waals surface area contributed by atoms with Gasteiger partial charge < -0.3 is 25.0 Å². The molecule has 1 amide bonds. The fourth-order valence-electron chi connectivity index (χ4n) is 6.14. The molecule has 6 aromatic carbocycles. The van der Waals surface area contributed by atoms with E-state index < -0.39 is 17.8 Å². The van der Waals surface area contributed by atoms with Gasteiger partial charge in [-0.25, -0.2) is 19.4 Å². The van der Waals surface area contributed by atoms with Gasteiger partial charge in [-0.05, 0) is 125 Å². The lowest BCUT2D eigenvalue weighted by Crippen LogP contribution is -2.18. The summed E-state index contributed by atoms with van der Waals surface area (Å²) in [5, 5.41) is 39.1. The maximum absolute atomic E-state index is 12.9. The Labute approximate surface area is 338 Å². The van der Waals surface area contributed by atoms with Gasteiger partial charge in [0.1, 0.15) is 42.8 Å². The number of rotatable bonds is 18. The molecule has 6 rings (SSSR count). The summed E-state index contributed by atoms with van der Waals surface area (Å²) in [6, 6.07) is 37.9. The van der Waals surface area contributed by atoms with E-state index in [0.717, 1.165) is 11.1 Å². The van der Waals surface area contributed by atoms with E-state index in [-0.39, 0.29) is 41.9 Å². The largest absolute Gasteiger partial charge is 0.478 e. The molecule has 6 N–H and O–H groups in total. The van der Waals surface area contributed by atoms with Crippen LogP contribution >= 0.6 is 0 Å². The number of anilines is 2. The van der Waals surface area contributed by atoms with Gasteiger partial charge in [-0.1, -0.05) is 50.2 Å². The summed E-state index contributed by atoms with van der Waals surface area (Å²) in [6.07, 6.45) is 0. The number of carboxylic acid groups (broad SMARTS) is 2. The Morgan fingerprint density at radius 3 is 1.58 bits per heavy atom. The molecule has 0 bridgehead atoms. The van der Waals surface area contributed by atoms with Gasteiger partial charge in [-0.2, -0.15) is 0 Å². The fourth-order valence-corrected chi connectivity index (χ4v) is 6.14. The van der Waals surface area contributed by atoms with Crippen LogP contribution in [0.25, 0.3) is 0 Å². The van der Waals surface area contributed by atoms with Crippen molar-refractivity contribution in [1.29, 1.82) is 0 Å². The molecule has 59 heavy (non-hydrogen) atoms. The van der Waals surface area contributed by atoms with Gasteiger partial charge in [0.05, 0.1) is 22.4 Å². The molecule has 0 radical (unpaired) electrons. The zero-order chi connectivity index (χ0) is 41.9. The minimum Gasteiger partial charge on any atom is -0.478 e. The van der Waals surface area contributed by atoms with Gasteiger partial charge in [0.2, 0.25) is 0 Å². The van der Waals surface area contributed by atoms with E-state index >= 15 is 0 Å². The van der Waals surface area contributed by atoms with Crippen LogP contribution in [0.5, 0.6) is 23.0 Å². The molecule has 0 aromatic heterocycles. The lowest BCUT2D eigenvalue weighted by Gasteiger charge is -2.26. The van der Waals surface area contributed by atoms with Crippen LogP contribution in [0.15, 0.2) is 133 Å². The maximum atomic E-state index is 12.9. The second-order valence-corrected chi connectivity index (χ2v) is 13.8. The van der Waals surface area contributed by atoms with Gasteiger partial charge >= 0.3 is 11.9 Å². The molecule has 0 fully saturated rings. The second kappa shape index (κ2) is 18.9. The van der Waals surface area contributed by atoms with Crippen LogP contribution in [0.4, 0.5) is 11.4 Å². The Morgan fingerprint density at radius 2 is 1.07 bits per heavy atom. The van der Waals surface area contributed by atoms with E-state index in [1.807, 2.05) is 48.5 Å². The lowest BCUT2D eigenvalue weighted by atomic mass is 9.78. The monoisotopic (exact) mass is 800 g/mol. The predicted molar refractivity (Wildman–Crippen MR) is 216 cm³/mol. The zero-order valence-electron chi connectivity index (χ0n) is 31.9. The molecule has 6 aromatic rings. The van der Waals surface area contributed by atoms with Crippen LogP contribution in [0.1, 0.15) is 72.7 Å². The molecule has 0 saturated heterocycles. The van der Waals surface area contributed by atoms with Crippen molar-refractivity contribution < 1.29 is 59.2 Å². The van der Waals surface area contributed by atoms with Crippen molar-refractivity contribution in [3.63, 3.8) is 0 Å². The summed E-state index contributed by atoms with van der Waals surface area (Å²) >= 11 is 0. The molecule has 14 heteroatoms. The number of nitrogens with one attached hydrogen (secondary N) is 2. The van der Waals surface area contributed by atoms with Gasteiger partial charge in [-0.15, -0.1) is 0 Å². The highest BCUT2D eigenvalue weighted by atomic mass is 17.1. The summed E-state index contributed by atoms with van der Waals surface area (Å²) in [6.45, 7) is 3.97. The summed E-state index contributed by atoms with van der Waals surface area (Å²) in [4.78, 5) is 49.9. The van der Waals surface area contributed by atoms with Crippen LogP contribution in [0.3, 0.4) is 0 Å². The molecule has 0 heterocycles. The summed E-state index contributed by atoms with van der Waals surface area (Å²) in [5.41, 5.74) is 7.09. The zero-order valence-corrected chi connectivity index (χ0v) is 31.9. The Kier molecular flexibility index (Phi) is 13.3. The average molecular weight is 801 g/mol. The first-order chi connectivity index (χ1) is 28.4. The number of ether oxygens (including phenoxy) is 2. The number of carbonyl (C=O) groups is 3. The van der Waals surface area contributed by atoms with E-state index in [9.17, 15) is 24.6 Å². The van der Waals surface area contributed by atoms with Crippen molar-refractivity contribution in [2.75, 3.05) is 10.8 Å². The molecule has 0 aliphatic rings. The highest BCUT2D eigenvalue weighted by molar-refractivity contribution is 6.10. The van der Waals surface area contributed by atoms with E-state index in [0.29, 0.717) is 51.1 Å². The Hall–Kier alpha value is -7.07. The van der Waals surface area contributed by atoms with Crippen molar-refractivity contribution in [2.24, 2.45) is 0 Å². The van der Waals surface area contributed by atoms with Crippen LogP contribution in [0.2, 0.25) is 0 Å². The Balaban J connectivity index is 1.01. The fraction of sp³-hybridized carbons (Fsp3) is 0.133. The normalized spacial score (nSPS) is 11.1. The van der Waals surface area contributed by atoms with E-state index in [1.165, 1.54) is 30.3 Å². The van der Waals surface area contributed by atoms with Crippen molar-refractivity contribution in [2.45, 2.75) is 39.1 Å². The first kappa shape index (κ1) is 41.6. The number of aromatic carboxylic acids is 2. The van der Waals surface area contributed by atoms with Crippen LogP contribution in [-0.2, 0) is 39.8 Å². The van der Waals surface area contributed by atoms with Crippen LogP contribution in [0, 0.1) is 0 Å². The predicted octanol–water partition coefficient (Wildman–Crippen LogP) is 9.77. The Bertz CT molecular complexity index is 2400. The summed E-state index contributed by atoms with van der Waals surface area (Å²) in [7, 11) is 0. The van der Waals surface area contributed by atoms with Crippen LogP contribution in [-0.4, -0.2) is 38.6 Å². The molecule has 0 saturated carbocycles. The molecule has 0 unspecified atom stereocenters. The Morgan fingerprint density at radius 1 is 0.542 bits per heavy atom. The molecule has 0 atom stereocenters.